The largest absolute Gasteiger partial charge is 0.369 e. The molecule has 0 aromatic carbocycles. The highest BCUT2D eigenvalue weighted by Gasteiger charge is 2.47. The Balaban J connectivity index is 2.11. The van der Waals surface area contributed by atoms with Crippen LogP contribution in [-0.2, 0) is 10.3 Å². The molecular formula is C9H11BrOS2. The number of ether oxygens (including phenoxy) is 1. The fourth-order valence-electron chi connectivity index (χ4n) is 1.41. The third-order valence-electron chi connectivity index (χ3n) is 2.20. The molecule has 4 heteroatoms. The molecule has 1 nitrogen and oxygen atoms in total. The monoisotopic (exact) mass is 278 g/mol. The smallest absolute Gasteiger partial charge is 0.104 e. The SMILES string of the molecule is SCCOC1(c2sccc2Br)CC1. The van der Waals surface area contributed by atoms with Gasteiger partial charge in [0.05, 0.1) is 11.5 Å². The van der Waals surface area contributed by atoms with Crippen LogP contribution in [0.5, 0.6) is 0 Å². The van der Waals surface area contributed by atoms with Gasteiger partial charge in [0, 0.05) is 10.2 Å². The van der Waals surface area contributed by atoms with Gasteiger partial charge in [-0.1, -0.05) is 0 Å². The number of thiol groups is 1. The van der Waals surface area contributed by atoms with Gasteiger partial charge in [0.25, 0.3) is 0 Å². The van der Waals surface area contributed by atoms with Crippen molar-refractivity contribution < 1.29 is 4.74 Å². The third-order valence-corrected chi connectivity index (χ3v) is 4.41. The Morgan fingerprint density at radius 2 is 2.38 bits per heavy atom. The van der Waals surface area contributed by atoms with Crippen LogP contribution in [-0.4, -0.2) is 12.4 Å². The second-order valence-corrected chi connectivity index (χ2v) is 5.38. The molecule has 0 spiro atoms. The van der Waals surface area contributed by atoms with E-state index in [9.17, 15) is 0 Å². The van der Waals surface area contributed by atoms with Crippen LogP contribution >= 0.6 is 39.9 Å². The normalized spacial score (nSPS) is 18.9. The van der Waals surface area contributed by atoms with Crippen molar-refractivity contribution in [3.05, 3.63) is 20.8 Å². The van der Waals surface area contributed by atoms with Gasteiger partial charge < -0.3 is 4.74 Å². The van der Waals surface area contributed by atoms with E-state index < -0.39 is 0 Å². The van der Waals surface area contributed by atoms with Gasteiger partial charge in [0.2, 0.25) is 0 Å². The summed E-state index contributed by atoms with van der Waals surface area (Å²) in [5, 5.41) is 2.10. The molecule has 0 atom stereocenters. The maximum Gasteiger partial charge on any atom is 0.104 e. The van der Waals surface area contributed by atoms with Crippen LogP contribution in [0.3, 0.4) is 0 Å². The fraction of sp³-hybridized carbons (Fsp3) is 0.556. The second kappa shape index (κ2) is 3.93. The van der Waals surface area contributed by atoms with Gasteiger partial charge in [-0.25, -0.2) is 0 Å². The molecule has 1 heterocycles. The van der Waals surface area contributed by atoms with Crippen molar-refractivity contribution in [3.8, 4) is 0 Å². The molecule has 1 aliphatic rings. The quantitative estimate of drug-likeness (QED) is 0.831. The fourth-order valence-corrected chi connectivity index (χ4v) is 3.45. The van der Waals surface area contributed by atoms with E-state index in [0.717, 1.165) is 25.2 Å². The van der Waals surface area contributed by atoms with Crippen molar-refractivity contribution in [2.24, 2.45) is 0 Å². The predicted octanol–water partition coefficient (Wildman–Crippen LogP) is 3.45. The van der Waals surface area contributed by atoms with Crippen LogP contribution in [0, 0.1) is 0 Å². The zero-order chi connectivity index (χ0) is 9.31. The van der Waals surface area contributed by atoms with E-state index in [4.69, 9.17) is 4.74 Å². The van der Waals surface area contributed by atoms with Crippen LogP contribution < -0.4 is 0 Å². The molecular weight excluding hydrogens is 268 g/mol. The van der Waals surface area contributed by atoms with Crippen LogP contribution in [0.2, 0.25) is 0 Å². The zero-order valence-corrected chi connectivity index (χ0v) is 10.4. The topological polar surface area (TPSA) is 9.23 Å². The highest BCUT2D eigenvalue weighted by molar-refractivity contribution is 9.10. The van der Waals surface area contributed by atoms with Gasteiger partial charge in [0.1, 0.15) is 5.60 Å². The lowest BCUT2D eigenvalue weighted by atomic mass is 10.3. The van der Waals surface area contributed by atoms with Gasteiger partial charge in [-0.3, -0.25) is 0 Å². The summed E-state index contributed by atoms with van der Waals surface area (Å²) in [6, 6.07) is 2.09. The number of halogens is 1. The Labute approximate surface area is 96.0 Å². The molecule has 72 valence electrons. The minimum absolute atomic E-state index is 0.0374. The Bertz CT molecular complexity index is 294. The van der Waals surface area contributed by atoms with Gasteiger partial charge in [-0.15, -0.1) is 11.3 Å². The van der Waals surface area contributed by atoms with Crippen LogP contribution in [0.4, 0.5) is 0 Å². The summed E-state index contributed by atoms with van der Waals surface area (Å²) in [5.74, 6) is 0.796. The Morgan fingerprint density at radius 1 is 1.62 bits per heavy atom. The van der Waals surface area contributed by atoms with E-state index in [2.05, 4.69) is 40.0 Å². The first-order valence-electron chi connectivity index (χ1n) is 4.27. The van der Waals surface area contributed by atoms with Crippen molar-refractivity contribution in [2.75, 3.05) is 12.4 Å². The van der Waals surface area contributed by atoms with E-state index in [0.29, 0.717) is 0 Å². The molecule has 1 aromatic heterocycles. The molecule has 2 rings (SSSR count). The summed E-state index contributed by atoms with van der Waals surface area (Å²) in [6.07, 6.45) is 2.31. The molecule has 0 unspecified atom stereocenters. The van der Waals surface area contributed by atoms with Gasteiger partial charge >= 0.3 is 0 Å². The minimum Gasteiger partial charge on any atom is -0.369 e. The summed E-state index contributed by atoms with van der Waals surface area (Å²) >= 11 is 9.47. The van der Waals surface area contributed by atoms with E-state index in [1.165, 1.54) is 9.35 Å². The van der Waals surface area contributed by atoms with Gasteiger partial charge in [0.15, 0.2) is 0 Å². The predicted molar refractivity (Wildman–Crippen MR) is 62.7 cm³/mol. The van der Waals surface area contributed by atoms with Crippen molar-refractivity contribution in [1.29, 1.82) is 0 Å². The van der Waals surface area contributed by atoms with E-state index >= 15 is 0 Å². The Hall–Kier alpha value is 0.490. The molecule has 1 aromatic rings. The lowest BCUT2D eigenvalue weighted by Gasteiger charge is -2.14. The van der Waals surface area contributed by atoms with Gasteiger partial charge in [-0.2, -0.15) is 12.6 Å². The Kier molecular flexibility index (Phi) is 3.03. The molecule has 0 bridgehead atoms. The highest BCUT2D eigenvalue weighted by Crippen LogP contribution is 2.53. The van der Waals surface area contributed by atoms with Crippen LogP contribution in [0.25, 0.3) is 0 Å². The van der Waals surface area contributed by atoms with Crippen molar-refractivity contribution in [1.82, 2.24) is 0 Å². The number of thiophene rings is 1. The van der Waals surface area contributed by atoms with E-state index in [-0.39, 0.29) is 5.60 Å². The molecule has 0 amide bonds. The van der Waals surface area contributed by atoms with E-state index in [1.54, 1.807) is 11.3 Å². The van der Waals surface area contributed by atoms with Crippen molar-refractivity contribution in [3.63, 3.8) is 0 Å². The molecule has 1 aliphatic carbocycles. The average molecular weight is 279 g/mol. The molecule has 0 saturated heterocycles. The third kappa shape index (κ3) is 1.96. The van der Waals surface area contributed by atoms with Crippen molar-refractivity contribution in [2.45, 2.75) is 18.4 Å². The molecule has 13 heavy (non-hydrogen) atoms. The highest BCUT2D eigenvalue weighted by atomic mass is 79.9. The van der Waals surface area contributed by atoms with Crippen LogP contribution in [0.1, 0.15) is 17.7 Å². The first kappa shape index (κ1) is 10.0. The summed E-state index contributed by atoms with van der Waals surface area (Å²) in [4.78, 5) is 1.34. The summed E-state index contributed by atoms with van der Waals surface area (Å²) in [6.45, 7) is 0.744. The summed E-state index contributed by atoms with van der Waals surface area (Å²) in [7, 11) is 0. The maximum atomic E-state index is 5.82. The van der Waals surface area contributed by atoms with E-state index in [1.807, 2.05) is 0 Å². The summed E-state index contributed by atoms with van der Waals surface area (Å²) < 4.78 is 7.01. The molecule has 1 saturated carbocycles. The molecule has 0 radical (unpaired) electrons. The second-order valence-electron chi connectivity index (χ2n) is 3.16. The first-order valence-corrected chi connectivity index (χ1v) is 6.57. The lowest BCUT2D eigenvalue weighted by molar-refractivity contribution is 0.0438. The maximum absolute atomic E-state index is 5.82. The number of hydrogen-bond donors (Lipinski definition) is 1. The lowest BCUT2D eigenvalue weighted by Crippen LogP contribution is -2.12. The summed E-state index contributed by atoms with van der Waals surface area (Å²) in [5.41, 5.74) is 0.0374. The molecule has 0 N–H and O–H groups in total. The number of hydrogen-bond acceptors (Lipinski definition) is 3. The standard InChI is InChI=1S/C9H11BrOS2/c10-7-1-6-13-8(7)9(2-3-9)11-4-5-12/h1,6,12H,2-5H2. The first-order chi connectivity index (χ1) is 6.28. The van der Waals surface area contributed by atoms with Crippen molar-refractivity contribution >= 4 is 39.9 Å². The Morgan fingerprint density at radius 3 is 2.85 bits per heavy atom. The van der Waals surface area contributed by atoms with Gasteiger partial charge in [-0.05, 0) is 40.2 Å². The zero-order valence-electron chi connectivity index (χ0n) is 7.12. The average Bonchev–Trinajstić information content (AvgIpc) is 2.80. The molecule has 1 fully saturated rings. The minimum atomic E-state index is 0.0374. The van der Waals surface area contributed by atoms with Crippen LogP contribution in [0.15, 0.2) is 15.9 Å². The molecule has 0 aliphatic heterocycles. The number of rotatable bonds is 4.